The minimum Gasteiger partial charge on any atom is -0.396 e. The van der Waals surface area contributed by atoms with E-state index in [1.165, 1.54) is 0 Å². The summed E-state index contributed by atoms with van der Waals surface area (Å²) < 4.78 is -0.727. The van der Waals surface area contributed by atoms with E-state index in [1.54, 1.807) is 22.7 Å². The van der Waals surface area contributed by atoms with Gasteiger partial charge in [0.15, 0.2) is 0 Å². The maximum Gasteiger partial charge on any atom is 0.248 e. The summed E-state index contributed by atoms with van der Waals surface area (Å²) in [6.45, 7) is 4.10. The third kappa shape index (κ3) is 3.90. The third-order valence-corrected chi connectivity index (χ3v) is 10.3. The minimum absolute atomic E-state index is 0.0463. The van der Waals surface area contributed by atoms with Crippen LogP contribution in [-0.2, 0) is 14.4 Å². The fourth-order valence-corrected chi connectivity index (χ4v) is 9.02. The molecular weight excluding hydrogens is 498 g/mol. The van der Waals surface area contributed by atoms with Crippen LogP contribution in [0.1, 0.15) is 25.3 Å². The van der Waals surface area contributed by atoms with Crippen LogP contribution in [0.25, 0.3) is 0 Å². The number of nitrogens with zero attached hydrogens (tertiary/aromatic N) is 1. The van der Waals surface area contributed by atoms with Gasteiger partial charge in [0.05, 0.1) is 27.3 Å². The number of aryl methyl sites for hydroxylation is 1. The van der Waals surface area contributed by atoms with Crippen molar-refractivity contribution in [3.05, 3.63) is 59.1 Å². The number of rotatable bonds is 7. The molecule has 2 aromatic rings. The van der Waals surface area contributed by atoms with Gasteiger partial charge in [-0.05, 0) is 49.4 Å². The van der Waals surface area contributed by atoms with Gasteiger partial charge in [-0.1, -0.05) is 48.9 Å². The van der Waals surface area contributed by atoms with Crippen molar-refractivity contribution < 1.29 is 19.5 Å². The van der Waals surface area contributed by atoms with E-state index in [0.717, 1.165) is 12.0 Å². The Hall–Kier alpha value is -2.55. The SMILES string of the molecule is Cc1cccc(Cl)c1NC(=O)C1N(CCCO)C(=O)[C@@H]2[C@H](C(=O)Nc3ccccc3)[C@@H]3CC(C)C12S3. The highest BCUT2D eigenvalue weighted by Gasteiger charge is 2.75. The molecule has 0 saturated carbocycles. The van der Waals surface area contributed by atoms with Gasteiger partial charge in [-0.2, -0.15) is 0 Å². The lowest BCUT2D eigenvalue weighted by Crippen LogP contribution is -2.55. The number of benzene rings is 2. The Bertz CT molecular complexity index is 1170. The summed E-state index contributed by atoms with van der Waals surface area (Å²) in [4.78, 5) is 43.0. The van der Waals surface area contributed by atoms with Crippen LogP contribution in [0, 0.1) is 24.7 Å². The molecule has 3 saturated heterocycles. The van der Waals surface area contributed by atoms with Crippen LogP contribution in [-0.4, -0.2) is 56.9 Å². The number of carbonyl (C=O) groups is 3. The Balaban J connectivity index is 1.51. The molecule has 7 nitrogen and oxygen atoms in total. The van der Waals surface area contributed by atoms with Gasteiger partial charge in [0.1, 0.15) is 6.04 Å². The standard InChI is InChI=1S/C27H30ClN3O4S/c1-15-8-6-11-18(28)22(15)30-25(34)23-27-16(2)14-19(36-27)20(21(27)26(35)31(23)12-7-13-32)24(33)29-17-9-4-3-5-10-17/h3-6,8-11,16,19-21,23,32H,7,12-14H2,1-2H3,(H,29,33)(H,30,34)/t16?,19-,20+,21-,23?,27?/m0/s1. The number of carbonyl (C=O) groups excluding carboxylic acids is 3. The van der Waals surface area contributed by atoms with Crippen molar-refractivity contribution in [1.29, 1.82) is 0 Å². The normalized spacial score (nSPS) is 30.4. The molecule has 1 spiro atoms. The number of aliphatic hydroxyl groups is 1. The number of thioether (sulfide) groups is 1. The number of aliphatic hydroxyl groups excluding tert-OH is 1. The van der Waals surface area contributed by atoms with Crippen LogP contribution in [0.15, 0.2) is 48.5 Å². The van der Waals surface area contributed by atoms with Crippen molar-refractivity contribution in [1.82, 2.24) is 4.90 Å². The highest BCUT2D eigenvalue weighted by Crippen LogP contribution is 2.68. The summed E-state index contributed by atoms with van der Waals surface area (Å²) in [6, 6.07) is 13.9. The summed E-state index contributed by atoms with van der Waals surface area (Å²) in [5.41, 5.74) is 2.04. The first-order chi connectivity index (χ1) is 17.3. The van der Waals surface area contributed by atoms with Crippen molar-refractivity contribution >= 4 is 52.5 Å². The van der Waals surface area contributed by atoms with E-state index in [9.17, 15) is 19.5 Å². The Kier molecular flexibility index (Phi) is 6.78. The van der Waals surface area contributed by atoms with Crippen LogP contribution in [0.5, 0.6) is 0 Å². The Morgan fingerprint density at radius 3 is 2.58 bits per heavy atom. The van der Waals surface area contributed by atoms with Gasteiger partial charge < -0.3 is 20.6 Å². The van der Waals surface area contributed by atoms with Crippen molar-refractivity contribution in [3.8, 4) is 0 Å². The molecule has 3 heterocycles. The van der Waals surface area contributed by atoms with Gasteiger partial charge in [-0.25, -0.2) is 0 Å². The van der Waals surface area contributed by atoms with Gasteiger partial charge in [-0.15, -0.1) is 11.8 Å². The second-order valence-corrected chi connectivity index (χ2v) is 11.9. The number of hydrogen-bond donors (Lipinski definition) is 3. The lowest BCUT2D eigenvalue weighted by atomic mass is 9.66. The molecule has 3 aliphatic heterocycles. The van der Waals surface area contributed by atoms with Crippen LogP contribution in [0.3, 0.4) is 0 Å². The molecule has 3 unspecified atom stereocenters. The number of nitrogens with one attached hydrogen (secondary N) is 2. The van der Waals surface area contributed by atoms with Crippen molar-refractivity contribution in [2.45, 2.75) is 42.7 Å². The number of amides is 3. The molecule has 9 heteroatoms. The second kappa shape index (κ2) is 9.72. The van der Waals surface area contributed by atoms with E-state index >= 15 is 0 Å². The van der Waals surface area contributed by atoms with E-state index in [1.807, 2.05) is 49.4 Å². The molecule has 0 radical (unpaired) electrons. The molecule has 3 amide bonds. The Labute approximate surface area is 220 Å². The highest BCUT2D eigenvalue weighted by molar-refractivity contribution is 8.02. The fraction of sp³-hybridized carbons (Fsp3) is 0.444. The molecular formula is C27H30ClN3O4S. The van der Waals surface area contributed by atoms with E-state index in [2.05, 4.69) is 17.6 Å². The number of halogens is 1. The van der Waals surface area contributed by atoms with Gasteiger partial charge >= 0.3 is 0 Å². The van der Waals surface area contributed by atoms with E-state index in [0.29, 0.717) is 22.8 Å². The Morgan fingerprint density at radius 2 is 1.89 bits per heavy atom. The number of likely N-dealkylation sites (tertiary alicyclic amines) is 1. The topological polar surface area (TPSA) is 98.7 Å². The smallest absolute Gasteiger partial charge is 0.248 e. The fourth-order valence-electron chi connectivity index (χ4n) is 6.33. The van der Waals surface area contributed by atoms with Crippen LogP contribution >= 0.6 is 23.4 Å². The van der Waals surface area contributed by atoms with Gasteiger partial charge in [0.2, 0.25) is 17.7 Å². The first kappa shape index (κ1) is 25.1. The zero-order valence-corrected chi connectivity index (χ0v) is 21.8. The number of anilines is 2. The maximum absolute atomic E-state index is 13.9. The summed E-state index contributed by atoms with van der Waals surface area (Å²) in [5.74, 6) is -1.75. The first-order valence-corrected chi connectivity index (χ1v) is 13.6. The molecule has 0 aliphatic carbocycles. The number of para-hydroxylation sites is 2. The molecule has 2 aromatic carbocycles. The Morgan fingerprint density at radius 1 is 1.14 bits per heavy atom. The molecule has 6 atom stereocenters. The summed E-state index contributed by atoms with van der Waals surface area (Å²) in [6.07, 6.45) is 1.11. The zero-order chi connectivity index (χ0) is 25.6. The number of hydrogen-bond acceptors (Lipinski definition) is 5. The molecule has 2 bridgehead atoms. The third-order valence-electron chi connectivity index (χ3n) is 7.87. The summed E-state index contributed by atoms with van der Waals surface area (Å²) >= 11 is 8.02. The quantitative estimate of drug-likeness (QED) is 0.506. The summed E-state index contributed by atoms with van der Waals surface area (Å²) in [7, 11) is 0. The van der Waals surface area contributed by atoms with Crippen molar-refractivity contribution in [3.63, 3.8) is 0 Å². The molecule has 3 fully saturated rings. The summed E-state index contributed by atoms with van der Waals surface area (Å²) in [5, 5.41) is 15.9. The lowest BCUT2D eigenvalue weighted by Gasteiger charge is -2.38. The highest BCUT2D eigenvalue weighted by atomic mass is 35.5. The predicted octanol–water partition coefficient (Wildman–Crippen LogP) is 3.95. The molecule has 36 heavy (non-hydrogen) atoms. The van der Waals surface area contributed by atoms with Crippen molar-refractivity contribution in [2.24, 2.45) is 17.8 Å². The molecule has 0 aromatic heterocycles. The average Bonchev–Trinajstić information content (AvgIpc) is 3.44. The lowest BCUT2D eigenvalue weighted by molar-refractivity contribution is -0.138. The van der Waals surface area contributed by atoms with Gasteiger partial charge in [-0.3, -0.25) is 14.4 Å². The second-order valence-electron chi connectivity index (χ2n) is 9.94. The van der Waals surface area contributed by atoms with Crippen LogP contribution in [0.4, 0.5) is 11.4 Å². The van der Waals surface area contributed by atoms with E-state index < -0.39 is 22.6 Å². The van der Waals surface area contributed by atoms with E-state index in [-0.39, 0.29) is 42.0 Å². The molecule has 3 aliphatic rings. The van der Waals surface area contributed by atoms with Gasteiger partial charge in [0, 0.05) is 24.1 Å². The van der Waals surface area contributed by atoms with E-state index in [4.69, 9.17) is 11.6 Å². The van der Waals surface area contributed by atoms with Crippen LogP contribution < -0.4 is 10.6 Å². The van der Waals surface area contributed by atoms with Gasteiger partial charge in [0.25, 0.3) is 0 Å². The molecule has 3 N–H and O–H groups in total. The number of fused-ring (bicyclic) bond motifs is 1. The largest absolute Gasteiger partial charge is 0.396 e. The zero-order valence-electron chi connectivity index (χ0n) is 20.2. The molecule has 5 rings (SSSR count). The van der Waals surface area contributed by atoms with Crippen molar-refractivity contribution in [2.75, 3.05) is 23.8 Å². The minimum atomic E-state index is -0.767. The maximum atomic E-state index is 13.9. The average molecular weight is 528 g/mol. The van der Waals surface area contributed by atoms with Crippen LogP contribution in [0.2, 0.25) is 5.02 Å². The molecule has 190 valence electrons. The monoisotopic (exact) mass is 527 g/mol. The predicted molar refractivity (Wildman–Crippen MR) is 142 cm³/mol. The first-order valence-electron chi connectivity index (χ1n) is 12.3.